The molecule has 0 atom stereocenters. The third-order valence-corrected chi connectivity index (χ3v) is 3.21. The molecule has 1 rings (SSSR count). The Morgan fingerprint density at radius 2 is 1.73 bits per heavy atom. The summed E-state index contributed by atoms with van der Waals surface area (Å²) in [7, 11) is 2.23. The van der Waals surface area contributed by atoms with Gasteiger partial charge in [-0.25, -0.2) is 0 Å². The van der Waals surface area contributed by atoms with Crippen molar-refractivity contribution in [3.63, 3.8) is 0 Å². The zero-order chi connectivity index (χ0) is 11.3. The first-order valence-corrected chi connectivity index (χ1v) is 6.38. The molecule has 0 amide bonds. The highest BCUT2D eigenvalue weighted by molar-refractivity contribution is 4.69. The Morgan fingerprint density at radius 3 is 2.40 bits per heavy atom. The molecule has 0 spiro atoms. The summed E-state index contributed by atoms with van der Waals surface area (Å²) in [6.07, 6.45) is 4.04. The number of rotatable bonds is 3. The standard InChI is InChI=1S/C13H28N2/c1-13(2,3)7-5-9-15-10-6-8-14(4)11-12-15/h5-12H2,1-4H3. The average Bonchev–Trinajstić information content (AvgIpc) is 2.29. The second-order valence-corrected chi connectivity index (χ2v) is 6.16. The largest absolute Gasteiger partial charge is 0.305 e. The molecule has 0 saturated carbocycles. The lowest BCUT2D eigenvalue weighted by molar-refractivity contribution is 0.251. The van der Waals surface area contributed by atoms with Crippen LogP contribution in [-0.4, -0.2) is 49.6 Å². The Balaban J connectivity index is 2.15. The van der Waals surface area contributed by atoms with Crippen molar-refractivity contribution in [2.45, 2.75) is 40.0 Å². The van der Waals surface area contributed by atoms with Gasteiger partial charge in [0.1, 0.15) is 0 Å². The monoisotopic (exact) mass is 212 g/mol. The van der Waals surface area contributed by atoms with E-state index in [2.05, 4.69) is 37.6 Å². The van der Waals surface area contributed by atoms with Crippen LogP contribution < -0.4 is 0 Å². The number of hydrogen-bond acceptors (Lipinski definition) is 2. The highest BCUT2D eigenvalue weighted by Crippen LogP contribution is 2.20. The molecule has 1 fully saturated rings. The van der Waals surface area contributed by atoms with Gasteiger partial charge in [-0.1, -0.05) is 20.8 Å². The zero-order valence-corrected chi connectivity index (χ0v) is 11.1. The first kappa shape index (κ1) is 13.0. The molecule has 0 aromatic rings. The van der Waals surface area contributed by atoms with Crippen LogP contribution in [-0.2, 0) is 0 Å². The minimum absolute atomic E-state index is 0.503. The van der Waals surface area contributed by atoms with Gasteiger partial charge in [-0.3, -0.25) is 0 Å². The lowest BCUT2D eigenvalue weighted by Crippen LogP contribution is -2.30. The number of nitrogens with zero attached hydrogens (tertiary/aromatic N) is 2. The van der Waals surface area contributed by atoms with Gasteiger partial charge in [-0.15, -0.1) is 0 Å². The fourth-order valence-corrected chi connectivity index (χ4v) is 2.16. The summed E-state index contributed by atoms with van der Waals surface area (Å²) in [6, 6.07) is 0. The third-order valence-electron chi connectivity index (χ3n) is 3.21. The minimum atomic E-state index is 0.503. The summed E-state index contributed by atoms with van der Waals surface area (Å²) in [5.74, 6) is 0. The van der Waals surface area contributed by atoms with Crippen LogP contribution in [0.1, 0.15) is 40.0 Å². The molecule has 0 aliphatic carbocycles. The van der Waals surface area contributed by atoms with E-state index in [-0.39, 0.29) is 0 Å². The Morgan fingerprint density at radius 1 is 1.00 bits per heavy atom. The topological polar surface area (TPSA) is 6.48 Å². The van der Waals surface area contributed by atoms with Crippen LogP contribution in [0.2, 0.25) is 0 Å². The molecule has 2 nitrogen and oxygen atoms in total. The van der Waals surface area contributed by atoms with Gasteiger partial charge in [0.25, 0.3) is 0 Å². The molecule has 0 bridgehead atoms. The molecule has 0 unspecified atom stereocenters. The molecule has 0 N–H and O–H groups in total. The zero-order valence-electron chi connectivity index (χ0n) is 11.1. The van der Waals surface area contributed by atoms with Crippen molar-refractivity contribution in [3.05, 3.63) is 0 Å². The van der Waals surface area contributed by atoms with Gasteiger partial charge in [0, 0.05) is 13.1 Å². The van der Waals surface area contributed by atoms with Crippen molar-refractivity contribution in [2.75, 3.05) is 39.8 Å². The predicted octanol–water partition coefficient (Wildman–Crippen LogP) is 2.45. The first-order chi connectivity index (χ1) is 6.97. The van der Waals surface area contributed by atoms with E-state index in [1.165, 1.54) is 52.0 Å². The highest BCUT2D eigenvalue weighted by Gasteiger charge is 2.14. The summed E-state index contributed by atoms with van der Waals surface area (Å²) in [5.41, 5.74) is 0.503. The Labute approximate surface area is 95.6 Å². The molecule has 2 heteroatoms. The van der Waals surface area contributed by atoms with Gasteiger partial charge in [0.05, 0.1) is 0 Å². The van der Waals surface area contributed by atoms with E-state index in [1.807, 2.05) is 0 Å². The van der Waals surface area contributed by atoms with Crippen molar-refractivity contribution in [2.24, 2.45) is 5.41 Å². The first-order valence-electron chi connectivity index (χ1n) is 6.38. The molecule has 90 valence electrons. The summed E-state index contributed by atoms with van der Waals surface area (Å²) in [5, 5.41) is 0. The Bertz CT molecular complexity index is 172. The van der Waals surface area contributed by atoms with Gasteiger partial charge >= 0.3 is 0 Å². The van der Waals surface area contributed by atoms with E-state index < -0.39 is 0 Å². The van der Waals surface area contributed by atoms with Crippen LogP contribution in [0.25, 0.3) is 0 Å². The lowest BCUT2D eigenvalue weighted by atomic mass is 9.90. The highest BCUT2D eigenvalue weighted by atomic mass is 15.2. The molecule has 1 saturated heterocycles. The van der Waals surface area contributed by atoms with Crippen LogP contribution in [0, 0.1) is 5.41 Å². The summed E-state index contributed by atoms with van der Waals surface area (Å²) >= 11 is 0. The van der Waals surface area contributed by atoms with Crippen molar-refractivity contribution >= 4 is 0 Å². The van der Waals surface area contributed by atoms with Gasteiger partial charge in [0.2, 0.25) is 0 Å². The Kier molecular flexibility index (Phi) is 5.07. The van der Waals surface area contributed by atoms with E-state index in [9.17, 15) is 0 Å². The summed E-state index contributed by atoms with van der Waals surface area (Å²) < 4.78 is 0. The van der Waals surface area contributed by atoms with Crippen LogP contribution in [0.4, 0.5) is 0 Å². The molecule has 1 heterocycles. The van der Waals surface area contributed by atoms with Crippen molar-refractivity contribution < 1.29 is 0 Å². The molecule has 0 radical (unpaired) electrons. The Hall–Kier alpha value is -0.0800. The molecule has 0 aromatic carbocycles. The molecule has 0 aromatic heterocycles. The van der Waals surface area contributed by atoms with Crippen LogP contribution >= 0.6 is 0 Å². The van der Waals surface area contributed by atoms with Gasteiger partial charge in [0.15, 0.2) is 0 Å². The van der Waals surface area contributed by atoms with Gasteiger partial charge < -0.3 is 9.80 Å². The smallest absolute Gasteiger partial charge is 0.0109 e. The summed E-state index contributed by atoms with van der Waals surface area (Å²) in [6.45, 7) is 13.4. The van der Waals surface area contributed by atoms with Crippen LogP contribution in [0.5, 0.6) is 0 Å². The van der Waals surface area contributed by atoms with E-state index in [4.69, 9.17) is 0 Å². The van der Waals surface area contributed by atoms with Gasteiger partial charge in [-0.2, -0.15) is 0 Å². The minimum Gasteiger partial charge on any atom is -0.305 e. The maximum atomic E-state index is 2.63. The third kappa shape index (κ3) is 6.16. The molecule has 1 aliphatic heterocycles. The van der Waals surface area contributed by atoms with E-state index in [1.54, 1.807) is 0 Å². The van der Waals surface area contributed by atoms with Crippen molar-refractivity contribution in [1.29, 1.82) is 0 Å². The maximum absolute atomic E-state index is 2.63. The molecule has 1 aliphatic rings. The molecular formula is C13H28N2. The fraction of sp³-hybridized carbons (Fsp3) is 1.00. The number of hydrogen-bond donors (Lipinski definition) is 0. The molecular weight excluding hydrogens is 184 g/mol. The SMILES string of the molecule is CN1CCCN(CCCC(C)(C)C)CC1. The quantitative estimate of drug-likeness (QED) is 0.709. The predicted molar refractivity (Wildman–Crippen MR) is 67.2 cm³/mol. The average molecular weight is 212 g/mol. The van der Waals surface area contributed by atoms with E-state index in [0.29, 0.717) is 5.41 Å². The van der Waals surface area contributed by atoms with Crippen molar-refractivity contribution in [1.82, 2.24) is 9.80 Å². The van der Waals surface area contributed by atoms with Crippen LogP contribution in [0.15, 0.2) is 0 Å². The second-order valence-electron chi connectivity index (χ2n) is 6.16. The second kappa shape index (κ2) is 5.86. The number of likely N-dealkylation sites (N-methyl/N-ethyl adjacent to an activating group) is 1. The summed E-state index contributed by atoms with van der Waals surface area (Å²) in [4.78, 5) is 5.08. The van der Waals surface area contributed by atoms with E-state index >= 15 is 0 Å². The van der Waals surface area contributed by atoms with Gasteiger partial charge in [-0.05, 0) is 51.4 Å². The van der Waals surface area contributed by atoms with Crippen LogP contribution in [0.3, 0.4) is 0 Å². The van der Waals surface area contributed by atoms with Crippen molar-refractivity contribution in [3.8, 4) is 0 Å². The maximum Gasteiger partial charge on any atom is 0.0109 e. The lowest BCUT2D eigenvalue weighted by Gasteiger charge is -2.23. The normalized spacial score (nSPS) is 21.6. The molecule has 15 heavy (non-hydrogen) atoms. The van der Waals surface area contributed by atoms with E-state index in [0.717, 1.165) is 0 Å². The fourth-order valence-electron chi connectivity index (χ4n) is 2.16.